The fourth-order valence-electron chi connectivity index (χ4n) is 2.15. The number of carbonyl (C=O) groups is 1. The third-order valence-electron chi connectivity index (χ3n) is 3.32. The second-order valence-corrected chi connectivity index (χ2v) is 6.76. The number of halogens is 2. The Labute approximate surface area is 146 Å². The van der Waals surface area contributed by atoms with Crippen LogP contribution in [0.15, 0.2) is 57.8 Å². The van der Waals surface area contributed by atoms with E-state index in [0.717, 1.165) is 18.2 Å². The third kappa shape index (κ3) is 3.26. The molecular formula is C16H11F2N3O4S. The molecule has 0 bridgehead atoms. The number of aromatic nitrogens is 1. The summed E-state index contributed by atoms with van der Waals surface area (Å²) in [6.07, 6.45) is 0. The first kappa shape index (κ1) is 17.5. The van der Waals surface area contributed by atoms with E-state index in [4.69, 9.17) is 10.2 Å². The number of nitrogens with zero attached hydrogens (tertiary/aromatic N) is 1. The number of nitrogens with two attached hydrogens (primary N) is 1. The maximum absolute atomic E-state index is 13.9. The Kier molecular flexibility index (Phi) is 4.43. The second kappa shape index (κ2) is 6.56. The minimum Gasteiger partial charge on any atom is -0.419 e. The molecule has 0 aliphatic carbocycles. The Morgan fingerprint density at radius 1 is 1.04 bits per heavy atom. The van der Waals surface area contributed by atoms with Crippen molar-refractivity contribution in [2.24, 2.45) is 5.73 Å². The number of benzene rings is 2. The Bertz CT molecular complexity index is 1060. The molecule has 3 rings (SSSR count). The van der Waals surface area contributed by atoms with E-state index in [9.17, 15) is 22.0 Å². The molecule has 0 radical (unpaired) electrons. The van der Waals surface area contributed by atoms with Crippen LogP contribution in [0.1, 0.15) is 10.5 Å². The van der Waals surface area contributed by atoms with Crippen molar-refractivity contribution in [3.8, 4) is 11.5 Å². The lowest BCUT2D eigenvalue weighted by molar-refractivity contribution is 0.0996. The van der Waals surface area contributed by atoms with Gasteiger partial charge in [-0.2, -0.15) is 0 Å². The summed E-state index contributed by atoms with van der Waals surface area (Å²) in [7, 11) is -4.14. The molecule has 0 aliphatic heterocycles. The molecule has 1 heterocycles. The van der Waals surface area contributed by atoms with Gasteiger partial charge in [0.05, 0.1) is 4.90 Å². The van der Waals surface area contributed by atoms with Crippen molar-refractivity contribution in [2.45, 2.75) is 4.90 Å². The molecule has 134 valence electrons. The van der Waals surface area contributed by atoms with Crippen LogP contribution in [0.4, 0.5) is 14.7 Å². The fourth-order valence-corrected chi connectivity index (χ4v) is 3.16. The van der Waals surface area contributed by atoms with Gasteiger partial charge in [0.25, 0.3) is 15.9 Å². The zero-order valence-corrected chi connectivity index (χ0v) is 13.8. The molecule has 2 aromatic carbocycles. The van der Waals surface area contributed by atoms with Gasteiger partial charge in [-0.15, -0.1) is 0 Å². The van der Waals surface area contributed by atoms with Crippen molar-refractivity contribution in [1.82, 2.24) is 4.98 Å². The van der Waals surface area contributed by atoms with Gasteiger partial charge in [0.15, 0.2) is 5.69 Å². The SMILES string of the molecule is NC(=O)c1nc(-c2c(F)cccc2F)oc1NS(=O)(=O)c1ccccc1. The van der Waals surface area contributed by atoms with Gasteiger partial charge in [-0.05, 0) is 24.3 Å². The van der Waals surface area contributed by atoms with E-state index in [0.29, 0.717) is 0 Å². The Morgan fingerprint density at radius 2 is 1.65 bits per heavy atom. The van der Waals surface area contributed by atoms with Crippen LogP contribution in [0.25, 0.3) is 11.5 Å². The minimum absolute atomic E-state index is 0.120. The molecule has 0 aliphatic rings. The highest BCUT2D eigenvalue weighted by atomic mass is 32.2. The molecule has 3 aromatic rings. The first-order valence-electron chi connectivity index (χ1n) is 7.12. The molecule has 0 fully saturated rings. The number of sulfonamides is 1. The highest BCUT2D eigenvalue weighted by molar-refractivity contribution is 7.92. The maximum Gasteiger partial charge on any atom is 0.273 e. The van der Waals surface area contributed by atoms with Crippen LogP contribution >= 0.6 is 0 Å². The standard InChI is InChI=1S/C16H11F2N3O4S/c17-10-7-4-8-11(18)12(10)15-20-13(14(19)22)16(25-15)21-26(23,24)9-5-2-1-3-6-9/h1-8,21H,(H2,19,22). The van der Waals surface area contributed by atoms with E-state index in [1.807, 2.05) is 4.72 Å². The quantitative estimate of drug-likeness (QED) is 0.707. The van der Waals surface area contributed by atoms with Gasteiger partial charge in [0.2, 0.25) is 11.8 Å². The van der Waals surface area contributed by atoms with E-state index in [2.05, 4.69) is 4.98 Å². The van der Waals surface area contributed by atoms with Crippen molar-refractivity contribution < 1.29 is 26.4 Å². The lowest BCUT2D eigenvalue weighted by Gasteiger charge is -2.05. The molecule has 0 unspecified atom stereocenters. The number of carbonyl (C=O) groups excluding carboxylic acids is 1. The number of rotatable bonds is 5. The van der Waals surface area contributed by atoms with Gasteiger partial charge in [0, 0.05) is 0 Å². The van der Waals surface area contributed by atoms with Crippen LogP contribution in [0.2, 0.25) is 0 Å². The summed E-state index contributed by atoms with van der Waals surface area (Å²) in [5.41, 5.74) is 3.89. The largest absolute Gasteiger partial charge is 0.419 e. The van der Waals surface area contributed by atoms with Crippen LogP contribution in [0.3, 0.4) is 0 Å². The van der Waals surface area contributed by atoms with Crippen LogP contribution in [0, 0.1) is 11.6 Å². The zero-order chi connectivity index (χ0) is 18.9. The Hall–Kier alpha value is -3.27. The van der Waals surface area contributed by atoms with Crippen molar-refractivity contribution in [3.05, 3.63) is 65.9 Å². The average molecular weight is 379 g/mol. The molecule has 7 nitrogen and oxygen atoms in total. The van der Waals surface area contributed by atoms with Crippen molar-refractivity contribution in [2.75, 3.05) is 4.72 Å². The summed E-state index contributed by atoms with van der Waals surface area (Å²) in [5, 5.41) is 0. The molecule has 1 amide bonds. The van der Waals surface area contributed by atoms with Gasteiger partial charge >= 0.3 is 0 Å². The van der Waals surface area contributed by atoms with Gasteiger partial charge in [-0.25, -0.2) is 26.9 Å². The number of hydrogen-bond acceptors (Lipinski definition) is 5. The Balaban J connectivity index is 2.09. The van der Waals surface area contributed by atoms with E-state index in [1.165, 1.54) is 24.3 Å². The van der Waals surface area contributed by atoms with Crippen molar-refractivity contribution in [1.29, 1.82) is 0 Å². The molecule has 3 N–H and O–H groups in total. The van der Waals surface area contributed by atoms with Gasteiger partial charge in [0.1, 0.15) is 17.2 Å². The van der Waals surface area contributed by atoms with Crippen LogP contribution in [0.5, 0.6) is 0 Å². The van der Waals surface area contributed by atoms with Gasteiger partial charge in [-0.1, -0.05) is 24.3 Å². The number of anilines is 1. The van der Waals surface area contributed by atoms with Crippen LogP contribution in [-0.2, 0) is 10.0 Å². The summed E-state index contributed by atoms with van der Waals surface area (Å²) in [6.45, 7) is 0. The van der Waals surface area contributed by atoms with E-state index < -0.39 is 50.6 Å². The average Bonchev–Trinajstić information content (AvgIpc) is 2.98. The highest BCUT2D eigenvalue weighted by Gasteiger charge is 2.26. The number of amides is 1. The smallest absolute Gasteiger partial charge is 0.273 e. The predicted octanol–water partition coefficient (Wildman–Crippen LogP) is 2.52. The van der Waals surface area contributed by atoms with Gasteiger partial charge < -0.3 is 10.2 Å². The summed E-state index contributed by atoms with van der Waals surface area (Å²) in [4.78, 5) is 15.0. The number of hydrogen-bond donors (Lipinski definition) is 2. The molecule has 26 heavy (non-hydrogen) atoms. The van der Waals surface area contributed by atoms with E-state index >= 15 is 0 Å². The fraction of sp³-hybridized carbons (Fsp3) is 0. The summed E-state index contributed by atoms with van der Waals surface area (Å²) < 4.78 is 59.6. The summed E-state index contributed by atoms with van der Waals surface area (Å²) >= 11 is 0. The van der Waals surface area contributed by atoms with Crippen molar-refractivity contribution in [3.63, 3.8) is 0 Å². The first-order valence-corrected chi connectivity index (χ1v) is 8.61. The van der Waals surface area contributed by atoms with Gasteiger partial charge in [-0.3, -0.25) is 4.79 Å². The number of nitrogens with one attached hydrogen (secondary N) is 1. The molecule has 10 heteroatoms. The first-order chi connectivity index (χ1) is 12.3. The molecular weight excluding hydrogens is 368 g/mol. The normalized spacial score (nSPS) is 11.3. The molecule has 0 saturated carbocycles. The second-order valence-electron chi connectivity index (χ2n) is 5.08. The van der Waals surface area contributed by atoms with E-state index in [1.54, 1.807) is 6.07 Å². The number of primary amides is 1. The summed E-state index contributed by atoms with van der Waals surface area (Å²) in [6, 6.07) is 10.3. The van der Waals surface area contributed by atoms with Crippen LogP contribution in [-0.4, -0.2) is 19.3 Å². The van der Waals surface area contributed by atoms with Crippen LogP contribution < -0.4 is 10.5 Å². The minimum atomic E-state index is -4.14. The molecule has 0 saturated heterocycles. The van der Waals surface area contributed by atoms with E-state index in [-0.39, 0.29) is 4.90 Å². The van der Waals surface area contributed by atoms with Crippen molar-refractivity contribution >= 4 is 21.8 Å². The number of oxazole rings is 1. The zero-order valence-electron chi connectivity index (χ0n) is 12.9. The highest BCUT2D eigenvalue weighted by Crippen LogP contribution is 2.30. The lowest BCUT2D eigenvalue weighted by atomic mass is 10.2. The maximum atomic E-state index is 13.9. The molecule has 0 atom stereocenters. The third-order valence-corrected chi connectivity index (χ3v) is 4.66. The summed E-state index contributed by atoms with van der Waals surface area (Å²) in [5.74, 6) is -4.40. The molecule has 0 spiro atoms. The molecule has 1 aromatic heterocycles. The monoisotopic (exact) mass is 379 g/mol. The Morgan fingerprint density at radius 3 is 2.23 bits per heavy atom. The predicted molar refractivity (Wildman–Crippen MR) is 87.6 cm³/mol. The topological polar surface area (TPSA) is 115 Å². The lowest BCUT2D eigenvalue weighted by Crippen LogP contribution is -2.18.